The van der Waals surface area contributed by atoms with Gasteiger partial charge in [-0.3, -0.25) is 4.79 Å². The molecule has 104 valence electrons. The molecule has 0 saturated carbocycles. The normalized spacial score (nSPS) is 23.4. The molecular weight excluding hydrogens is 306 g/mol. The fraction of sp³-hybridized carbons (Fsp3) is 0.533. The van der Waals surface area contributed by atoms with Crippen molar-refractivity contribution in [3.8, 4) is 0 Å². The van der Waals surface area contributed by atoms with Crippen molar-refractivity contribution in [1.82, 2.24) is 4.90 Å². The number of halogens is 1. The highest BCUT2D eigenvalue weighted by Gasteiger charge is 2.28. The molecule has 2 unspecified atom stereocenters. The molecule has 0 bridgehead atoms. The number of aryl methyl sites for hydroxylation is 1. The van der Waals surface area contributed by atoms with E-state index in [9.17, 15) is 4.79 Å². The van der Waals surface area contributed by atoms with Gasteiger partial charge in [-0.2, -0.15) is 0 Å². The lowest BCUT2D eigenvalue weighted by Gasteiger charge is -2.36. The molecule has 2 atom stereocenters. The van der Waals surface area contributed by atoms with Crippen LogP contribution < -0.4 is 0 Å². The zero-order chi connectivity index (χ0) is 13.8. The number of morpholine rings is 1. The molecule has 0 aliphatic carbocycles. The first-order valence-corrected chi connectivity index (χ1v) is 7.85. The maximum atomic E-state index is 12.5. The lowest BCUT2D eigenvalue weighted by molar-refractivity contribution is -0.0559. The molecule has 1 aromatic rings. The number of nitrogens with zero attached hydrogens (tertiary/aromatic N) is 1. The summed E-state index contributed by atoms with van der Waals surface area (Å²) in [6.45, 7) is 5.44. The van der Waals surface area contributed by atoms with Gasteiger partial charge >= 0.3 is 0 Å². The number of carbonyl (C=O) groups is 1. The van der Waals surface area contributed by atoms with Crippen LogP contribution in [0.25, 0.3) is 0 Å². The van der Waals surface area contributed by atoms with E-state index in [0.717, 1.165) is 17.3 Å². The number of carbonyl (C=O) groups excluding carboxylic acids is 1. The van der Waals surface area contributed by atoms with Gasteiger partial charge in [-0.25, -0.2) is 0 Å². The van der Waals surface area contributed by atoms with Crippen molar-refractivity contribution in [3.05, 3.63) is 35.4 Å². The molecule has 2 rings (SSSR count). The quantitative estimate of drug-likeness (QED) is 0.800. The van der Waals surface area contributed by atoms with E-state index >= 15 is 0 Å². The first-order valence-electron chi connectivity index (χ1n) is 6.73. The molecule has 19 heavy (non-hydrogen) atoms. The maximum Gasteiger partial charge on any atom is 0.254 e. The minimum Gasteiger partial charge on any atom is -0.371 e. The largest absolute Gasteiger partial charge is 0.371 e. The van der Waals surface area contributed by atoms with E-state index in [1.807, 2.05) is 36.1 Å². The van der Waals surface area contributed by atoms with Crippen molar-refractivity contribution in [2.45, 2.75) is 32.5 Å². The number of alkyl halides is 1. The van der Waals surface area contributed by atoms with E-state index in [1.165, 1.54) is 5.56 Å². The predicted octanol–water partition coefficient (Wildman–Crippen LogP) is 2.87. The van der Waals surface area contributed by atoms with Crippen LogP contribution in [0, 0.1) is 0 Å². The second-order valence-electron chi connectivity index (χ2n) is 4.98. The van der Waals surface area contributed by atoms with Crippen LogP contribution in [-0.2, 0) is 11.2 Å². The van der Waals surface area contributed by atoms with Gasteiger partial charge in [0.15, 0.2) is 0 Å². The molecule has 4 heteroatoms. The molecule has 1 amide bonds. The number of ether oxygens (including phenoxy) is 1. The number of hydrogen-bond donors (Lipinski definition) is 0. The summed E-state index contributed by atoms with van der Waals surface area (Å²) in [5, 5.41) is 0.760. The van der Waals surface area contributed by atoms with E-state index in [1.54, 1.807) is 0 Å². The summed E-state index contributed by atoms with van der Waals surface area (Å²) >= 11 is 3.43. The molecule has 0 N–H and O–H groups in total. The summed E-state index contributed by atoms with van der Waals surface area (Å²) in [7, 11) is 0. The van der Waals surface area contributed by atoms with Crippen molar-refractivity contribution in [2.24, 2.45) is 0 Å². The molecule has 0 aromatic heterocycles. The Kier molecular flexibility index (Phi) is 4.99. The highest BCUT2D eigenvalue weighted by atomic mass is 79.9. The zero-order valence-electron chi connectivity index (χ0n) is 11.4. The highest BCUT2D eigenvalue weighted by Crippen LogP contribution is 2.16. The first-order chi connectivity index (χ1) is 9.13. The molecular formula is C15H20BrNO2. The van der Waals surface area contributed by atoms with Crippen molar-refractivity contribution in [1.29, 1.82) is 0 Å². The summed E-state index contributed by atoms with van der Waals surface area (Å²) in [6, 6.07) is 7.90. The van der Waals surface area contributed by atoms with Crippen LogP contribution in [0.2, 0.25) is 0 Å². The highest BCUT2D eigenvalue weighted by molar-refractivity contribution is 9.09. The number of amides is 1. The zero-order valence-corrected chi connectivity index (χ0v) is 13.0. The Morgan fingerprint density at radius 2 is 2.05 bits per heavy atom. The van der Waals surface area contributed by atoms with Gasteiger partial charge in [0.25, 0.3) is 5.91 Å². The smallest absolute Gasteiger partial charge is 0.254 e. The van der Waals surface area contributed by atoms with Crippen LogP contribution in [0.3, 0.4) is 0 Å². The fourth-order valence-electron chi connectivity index (χ4n) is 2.36. The van der Waals surface area contributed by atoms with Gasteiger partial charge in [0.1, 0.15) is 0 Å². The Bertz CT molecular complexity index is 432. The minimum atomic E-state index is 0.0858. The van der Waals surface area contributed by atoms with E-state index in [-0.39, 0.29) is 18.1 Å². The standard InChI is InChI=1S/C15H20BrNO2/c1-3-12-4-6-13(7-5-12)15(18)17-9-11(2)19-14(8-16)10-17/h4-7,11,14H,3,8-10H2,1-2H3. The van der Waals surface area contributed by atoms with Crippen LogP contribution in [0.5, 0.6) is 0 Å². The summed E-state index contributed by atoms with van der Waals surface area (Å²) in [5.74, 6) is 0.101. The van der Waals surface area contributed by atoms with Crippen LogP contribution >= 0.6 is 15.9 Å². The summed E-state index contributed by atoms with van der Waals surface area (Å²) < 4.78 is 5.75. The number of hydrogen-bond acceptors (Lipinski definition) is 2. The Balaban J connectivity index is 2.09. The van der Waals surface area contributed by atoms with Gasteiger partial charge < -0.3 is 9.64 Å². The second-order valence-corrected chi connectivity index (χ2v) is 5.63. The summed E-state index contributed by atoms with van der Waals surface area (Å²) in [5.41, 5.74) is 2.02. The van der Waals surface area contributed by atoms with Gasteiger partial charge in [0.2, 0.25) is 0 Å². The molecule has 1 heterocycles. The van der Waals surface area contributed by atoms with Crippen LogP contribution in [0.1, 0.15) is 29.8 Å². The summed E-state index contributed by atoms with van der Waals surface area (Å²) in [4.78, 5) is 14.4. The molecule has 0 radical (unpaired) electrons. The van der Waals surface area contributed by atoms with Crippen LogP contribution in [0.15, 0.2) is 24.3 Å². The predicted molar refractivity (Wildman–Crippen MR) is 79.9 cm³/mol. The average molecular weight is 326 g/mol. The fourth-order valence-corrected chi connectivity index (χ4v) is 2.72. The monoisotopic (exact) mass is 325 g/mol. The van der Waals surface area contributed by atoms with Crippen molar-refractivity contribution in [2.75, 3.05) is 18.4 Å². The molecule has 1 aliphatic heterocycles. The molecule has 1 aromatic carbocycles. The third-order valence-electron chi connectivity index (χ3n) is 3.39. The Morgan fingerprint density at radius 1 is 1.37 bits per heavy atom. The molecule has 1 saturated heterocycles. The molecule has 1 fully saturated rings. The molecule has 0 spiro atoms. The van der Waals surface area contributed by atoms with Gasteiger partial charge in [-0.15, -0.1) is 0 Å². The average Bonchev–Trinajstić information content (AvgIpc) is 2.46. The summed E-state index contributed by atoms with van der Waals surface area (Å²) in [6.07, 6.45) is 1.17. The maximum absolute atomic E-state index is 12.5. The SMILES string of the molecule is CCc1ccc(C(=O)N2CC(C)OC(CBr)C2)cc1. The minimum absolute atomic E-state index is 0.0858. The van der Waals surface area contributed by atoms with E-state index in [4.69, 9.17) is 4.74 Å². The Hall–Kier alpha value is -0.870. The van der Waals surface area contributed by atoms with E-state index < -0.39 is 0 Å². The van der Waals surface area contributed by atoms with E-state index in [0.29, 0.717) is 13.1 Å². The lowest BCUT2D eigenvalue weighted by Crippen LogP contribution is -2.49. The first kappa shape index (κ1) is 14.5. The lowest BCUT2D eigenvalue weighted by atomic mass is 10.1. The molecule has 3 nitrogen and oxygen atoms in total. The van der Waals surface area contributed by atoms with Crippen molar-refractivity contribution in [3.63, 3.8) is 0 Å². The Morgan fingerprint density at radius 3 is 2.63 bits per heavy atom. The van der Waals surface area contributed by atoms with Crippen LogP contribution in [0.4, 0.5) is 0 Å². The van der Waals surface area contributed by atoms with Crippen molar-refractivity contribution < 1.29 is 9.53 Å². The third kappa shape index (κ3) is 3.57. The van der Waals surface area contributed by atoms with Crippen molar-refractivity contribution >= 4 is 21.8 Å². The molecule has 1 aliphatic rings. The van der Waals surface area contributed by atoms with E-state index in [2.05, 4.69) is 22.9 Å². The van der Waals surface area contributed by atoms with Gasteiger partial charge in [-0.05, 0) is 31.0 Å². The second kappa shape index (κ2) is 6.53. The third-order valence-corrected chi connectivity index (χ3v) is 4.12. The van der Waals surface area contributed by atoms with Gasteiger partial charge in [-0.1, -0.05) is 35.0 Å². The van der Waals surface area contributed by atoms with Gasteiger partial charge in [0, 0.05) is 24.0 Å². The number of benzene rings is 1. The Labute approximate surface area is 123 Å². The topological polar surface area (TPSA) is 29.5 Å². The van der Waals surface area contributed by atoms with Gasteiger partial charge in [0.05, 0.1) is 12.2 Å². The van der Waals surface area contributed by atoms with Crippen LogP contribution in [-0.4, -0.2) is 41.4 Å². The number of rotatable bonds is 3.